The molecule has 0 spiro atoms. The summed E-state index contributed by atoms with van der Waals surface area (Å²) in [6.07, 6.45) is 1.96. The minimum atomic E-state index is -0.190. The van der Waals surface area contributed by atoms with E-state index < -0.39 is 0 Å². The van der Waals surface area contributed by atoms with E-state index in [1.165, 1.54) is 0 Å². The van der Waals surface area contributed by atoms with E-state index in [-0.39, 0.29) is 5.91 Å². The number of benzene rings is 2. The van der Waals surface area contributed by atoms with Gasteiger partial charge >= 0.3 is 0 Å². The summed E-state index contributed by atoms with van der Waals surface area (Å²) in [5, 5.41) is 3.31. The summed E-state index contributed by atoms with van der Waals surface area (Å²) >= 11 is 7.65. The topological polar surface area (TPSA) is 29.1 Å². The van der Waals surface area contributed by atoms with Gasteiger partial charge in [0, 0.05) is 10.6 Å². The fraction of sp³-hybridized carbons (Fsp3) is 0.133. The standard InChI is InChI=1S/C15H14ClNOS/c1-10-3-5-11(6-4-10)17-15(18)13-9-12(19-2)7-8-14(13)16/h3-9H,1-2H3,(H,17,18). The number of halogens is 1. The normalized spacial score (nSPS) is 10.3. The Balaban J connectivity index is 2.22. The summed E-state index contributed by atoms with van der Waals surface area (Å²) in [4.78, 5) is 13.2. The molecule has 0 heterocycles. The number of anilines is 1. The molecule has 0 saturated heterocycles. The van der Waals surface area contributed by atoms with Crippen molar-refractivity contribution in [3.05, 3.63) is 58.6 Å². The molecule has 0 aliphatic heterocycles. The molecule has 0 fully saturated rings. The van der Waals surface area contributed by atoms with Gasteiger partial charge in [0.15, 0.2) is 0 Å². The van der Waals surface area contributed by atoms with Crippen LogP contribution >= 0.6 is 23.4 Å². The van der Waals surface area contributed by atoms with Crippen molar-refractivity contribution in [1.82, 2.24) is 0 Å². The summed E-state index contributed by atoms with van der Waals surface area (Å²) in [7, 11) is 0. The van der Waals surface area contributed by atoms with Crippen LogP contribution in [0.1, 0.15) is 15.9 Å². The molecular weight excluding hydrogens is 278 g/mol. The average Bonchev–Trinajstić information content (AvgIpc) is 2.42. The van der Waals surface area contributed by atoms with Crippen molar-refractivity contribution in [3.8, 4) is 0 Å². The predicted octanol–water partition coefficient (Wildman–Crippen LogP) is 4.62. The van der Waals surface area contributed by atoms with Gasteiger partial charge in [-0.2, -0.15) is 0 Å². The molecular formula is C15H14ClNOS. The molecule has 2 nitrogen and oxygen atoms in total. The third-order valence-corrected chi connectivity index (χ3v) is 3.78. The summed E-state index contributed by atoms with van der Waals surface area (Å²) in [5.41, 5.74) is 2.41. The molecule has 0 bridgehead atoms. The molecule has 0 aromatic heterocycles. The van der Waals surface area contributed by atoms with Gasteiger partial charge in [-0.3, -0.25) is 4.79 Å². The number of amides is 1. The first kappa shape index (κ1) is 14.0. The molecule has 1 N–H and O–H groups in total. The second-order valence-electron chi connectivity index (χ2n) is 4.17. The van der Waals surface area contributed by atoms with Crippen LogP contribution in [0.4, 0.5) is 5.69 Å². The molecule has 0 radical (unpaired) electrons. The Hall–Kier alpha value is -1.45. The van der Waals surface area contributed by atoms with E-state index >= 15 is 0 Å². The molecule has 0 atom stereocenters. The smallest absolute Gasteiger partial charge is 0.257 e. The molecule has 2 aromatic rings. The Bertz CT molecular complexity index is 596. The third kappa shape index (κ3) is 3.52. The summed E-state index contributed by atoms with van der Waals surface area (Å²) in [5.74, 6) is -0.190. The van der Waals surface area contributed by atoms with Crippen LogP contribution in [0.2, 0.25) is 5.02 Å². The second-order valence-corrected chi connectivity index (χ2v) is 5.45. The maximum Gasteiger partial charge on any atom is 0.257 e. The quantitative estimate of drug-likeness (QED) is 0.836. The molecule has 2 aromatic carbocycles. The highest BCUT2D eigenvalue weighted by molar-refractivity contribution is 7.98. The van der Waals surface area contributed by atoms with Gasteiger partial charge in [0.1, 0.15) is 0 Å². The molecule has 19 heavy (non-hydrogen) atoms. The van der Waals surface area contributed by atoms with Crippen LogP contribution in [0.3, 0.4) is 0 Å². The van der Waals surface area contributed by atoms with Crippen molar-refractivity contribution in [3.63, 3.8) is 0 Å². The zero-order valence-corrected chi connectivity index (χ0v) is 12.3. The first-order chi connectivity index (χ1) is 9.10. The van der Waals surface area contributed by atoms with Gasteiger partial charge in [0.2, 0.25) is 0 Å². The van der Waals surface area contributed by atoms with E-state index in [1.54, 1.807) is 23.9 Å². The van der Waals surface area contributed by atoms with Gasteiger partial charge in [0.25, 0.3) is 5.91 Å². The average molecular weight is 292 g/mol. The minimum Gasteiger partial charge on any atom is -0.322 e. The third-order valence-electron chi connectivity index (χ3n) is 2.73. The summed E-state index contributed by atoms with van der Waals surface area (Å²) < 4.78 is 0. The molecule has 0 aliphatic carbocycles. The second kappa shape index (κ2) is 6.13. The van der Waals surface area contributed by atoms with Crippen LogP contribution in [0.25, 0.3) is 0 Å². The van der Waals surface area contributed by atoms with Crippen molar-refractivity contribution < 1.29 is 4.79 Å². The van der Waals surface area contributed by atoms with Gasteiger partial charge in [-0.05, 0) is 43.5 Å². The lowest BCUT2D eigenvalue weighted by Crippen LogP contribution is -2.12. The van der Waals surface area contributed by atoms with E-state index in [2.05, 4.69) is 5.32 Å². The van der Waals surface area contributed by atoms with Gasteiger partial charge in [-0.15, -0.1) is 11.8 Å². The summed E-state index contributed by atoms with van der Waals surface area (Å²) in [6, 6.07) is 13.1. The highest BCUT2D eigenvalue weighted by atomic mass is 35.5. The predicted molar refractivity (Wildman–Crippen MR) is 82.4 cm³/mol. The Morgan fingerprint density at radius 1 is 1.16 bits per heavy atom. The molecule has 0 aliphatic rings. The molecule has 2 rings (SSSR count). The fourth-order valence-corrected chi connectivity index (χ4v) is 2.28. The number of rotatable bonds is 3. The highest BCUT2D eigenvalue weighted by Crippen LogP contribution is 2.24. The lowest BCUT2D eigenvalue weighted by molar-refractivity contribution is 0.102. The van der Waals surface area contributed by atoms with E-state index in [0.717, 1.165) is 16.1 Å². The molecule has 4 heteroatoms. The minimum absolute atomic E-state index is 0.190. The van der Waals surface area contributed by atoms with E-state index in [4.69, 9.17) is 11.6 Å². The summed E-state index contributed by atoms with van der Waals surface area (Å²) in [6.45, 7) is 2.00. The number of nitrogens with one attached hydrogen (secondary N) is 1. The first-order valence-corrected chi connectivity index (χ1v) is 7.42. The van der Waals surface area contributed by atoms with Crippen molar-refractivity contribution in [2.45, 2.75) is 11.8 Å². The number of carbonyl (C=O) groups is 1. The zero-order chi connectivity index (χ0) is 13.8. The SMILES string of the molecule is CSc1ccc(Cl)c(C(=O)Nc2ccc(C)cc2)c1. The highest BCUT2D eigenvalue weighted by Gasteiger charge is 2.11. The maximum atomic E-state index is 12.2. The lowest BCUT2D eigenvalue weighted by atomic mass is 10.2. The van der Waals surface area contributed by atoms with Crippen LogP contribution in [-0.4, -0.2) is 12.2 Å². The number of hydrogen-bond donors (Lipinski definition) is 1. The molecule has 0 unspecified atom stereocenters. The Morgan fingerprint density at radius 3 is 2.47 bits per heavy atom. The molecule has 98 valence electrons. The van der Waals surface area contributed by atoms with Gasteiger partial charge < -0.3 is 5.32 Å². The number of carbonyl (C=O) groups excluding carboxylic acids is 1. The van der Waals surface area contributed by atoms with Gasteiger partial charge in [0.05, 0.1) is 10.6 Å². The van der Waals surface area contributed by atoms with E-state index in [0.29, 0.717) is 10.6 Å². The lowest BCUT2D eigenvalue weighted by Gasteiger charge is -2.08. The Labute approximate surface area is 122 Å². The largest absolute Gasteiger partial charge is 0.322 e. The van der Waals surface area contributed by atoms with Crippen LogP contribution in [-0.2, 0) is 0 Å². The molecule has 1 amide bonds. The van der Waals surface area contributed by atoms with Crippen molar-refractivity contribution >= 4 is 35.0 Å². The van der Waals surface area contributed by atoms with Crippen molar-refractivity contribution in [2.75, 3.05) is 11.6 Å². The number of thioether (sulfide) groups is 1. The van der Waals surface area contributed by atoms with Gasteiger partial charge in [-0.1, -0.05) is 29.3 Å². The fourth-order valence-electron chi connectivity index (χ4n) is 1.64. The van der Waals surface area contributed by atoms with E-state index in [1.807, 2.05) is 43.5 Å². The number of hydrogen-bond acceptors (Lipinski definition) is 2. The zero-order valence-electron chi connectivity index (χ0n) is 10.7. The van der Waals surface area contributed by atoms with Crippen molar-refractivity contribution in [2.24, 2.45) is 0 Å². The van der Waals surface area contributed by atoms with Crippen LogP contribution in [0.15, 0.2) is 47.4 Å². The monoisotopic (exact) mass is 291 g/mol. The van der Waals surface area contributed by atoms with Gasteiger partial charge in [-0.25, -0.2) is 0 Å². The van der Waals surface area contributed by atoms with Crippen molar-refractivity contribution in [1.29, 1.82) is 0 Å². The Morgan fingerprint density at radius 2 is 1.84 bits per heavy atom. The van der Waals surface area contributed by atoms with E-state index in [9.17, 15) is 4.79 Å². The van der Waals surface area contributed by atoms with Crippen LogP contribution in [0, 0.1) is 6.92 Å². The van der Waals surface area contributed by atoms with Crippen LogP contribution < -0.4 is 5.32 Å². The Kier molecular flexibility index (Phi) is 4.51. The maximum absolute atomic E-state index is 12.2. The number of aryl methyl sites for hydroxylation is 1. The van der Waals surface area contributed by atoms with Crippen LogP contribution in [0.5, 0.6) is 0 Å². The molecule has 0 saturated carbocycles. The first-order valence-electron chi connectivity index (χ1n) is 5.81.